The summed E-state index contributed by atoms with van der Waals surface area (Å²) >= 11 is 0. The standard InChI is InChI=1S/C16H30N2/c1-16(15-7-8-15)13-18(11-4-10-17-16)12-9-14-5-2-3-6-14/h14-15,17H,2-13H2,1H3. The molecule has 0 radical (unpaired) electrons. The van der Waals surface area contributed by atoms with Crippen molar-refractivity contribution in [2.24, 2.45) is 11.8 Å². The van der Waals surface area contributed by atoms with Gasteiger partial charge in [-0.1, -0.05) is 25.7 Å². The SMILES string of the molecule is CC1(C2CC2)CN(CCC2CCCC2)CCCN1. The first-order chi connectivity index (χ1) is 8.76. The Morgan fingerprint density at radius 3 is 2.61 bits per heavy atom. The molecule has 0 bridgehead atoms. The second-order valence-corrected chi connectivity index (χ2v) is 7.19. The zero-order chi connectivity index (χ0) is 12.4. The van der Waals surface area contributed by atoms with E-state index in [1.54, 1.807) is 0 Å². The molecular weight excluding hydrogens is 220 g/mol. The van der Waals surface area contributed by atoms with E-state index in [1.165, 1.54) is 77.5 Å². The van der Waals surface area contributed by atoms with E-state index >= 15 is 0 Å². The molecule has 1 unspecified atom stereocenters. The van der Waals surface area contributed by atoms with Gasteiger partial charge in [0.25, 0.3) is 0 Å². The second-order valence-electron chi connectivity index (χ2n) is 7.19. The van der Waals surface area contributed by atoms with Gasteiger partial charge in [0.1, 0.15) is 0 Å². The summed E-state index contributed by atoms with van der Waals surface area (Å²) in [5.41, 5.74) is 0.423. The molecule has 1 saturated heterocycles. The highest BCUT2D eigenvalue weighted by molar-refractivity contribution is 5.01. The summed E-state index contributed by atoms with van der Waals surface area (Å²) in [6.07, 6.45) is 11.7. The Morgan fingerprint density at radius 1 is 1.11 bits per heavy atom. The second kappa shape index (κ2) is 5.50. The van der Waals surface area contributed by atoms with Crippen LogP contribution in [0.25, 0.3) is 0 Å². The van der Waals surface area contributed by atoms with E-state index in [-0.39, 0.29) is 0 Å². The minimum atomic E-state index is 0.423. The fourth-order valence-electron chi connectivity index (χ4n) is 4.13. The summed E-state index contributed by atoms with van der Waals surface area (Å²) in [6, 6.07) is 0. The summed E-state index contributed by atoms with van der Waals surface area (Å²) in [4.78, 5) is 2.76. The van der Waals surface area contributed by atoms with Crippen LogP contribution in [0.3, 0.4) is 0 Å². The zero-order valence-corrected chi connectivity index (χ0v) is 12.1. The summed E-state index contributed by atoms with van der Waals surface area (Å²) in [5.74, 6) is 2.01. The summed E-state index contributed by atoms with van der Waals surface area (Å²) < 4.78 is 0. The molecule has 104 valence electrons. The predicted octanol–water partition coefficient (Wildman–Crippen LogP) is 3.03. The molecule has 0 aromatic heterocycles. The van der Waals surface area contributed by atoms with E-state index in [0.717, 1.165) is 11.8 Å². The highest BCUT2D eigenvalue weighted by Gasteiger charge is 2.42. The highest BCUT2D eigenvalue weighted by Crippen LogP contribution is 2.40. The van der Waals surface area contributed by atoms with Crippen LogP contribution in [0, 0.1) is 11.8 Å². The first-order valence-electron chi connectivity index (χ1n) is 8.24. The Bertz CT molecular complexity index is 268. The third kappa shape index (κ3) is 3.08. The lowest BCUT2D eigenvalue weighted by Crippen LogP contribution is -2.51. The van der Waals surface area contributed by atoms with Gasteiger partial charge in [-0.2, -0.15) is 0 Å². The van der Waals surface area contributed by atoms with E-state index in [9.17, 15) is 0 Å². The molecular formula is C16H30N2. The molecule has 0 aromatic rings. The number of nitrogens with one attached hydrogen (secondary N) is 1. The van der Waals surface area contributed by atoms with Crippen LogP contribution in [0.2, 0.25) is 0 Å². The quantitative estimate of drug-likeness (QED) is 0.825. The van der Waals surface area contributed by atoms with Crippen LogP contribution in [-0.4, -0.2) is 36.6 Å². The van der Waals surface area contributed by atoms with Gasteiger partial charge in [-0.3, -0.25) is 0 Å². The van der Waals surface area contributed by atoms with Gasteiger partial charge in [-0.05, 0) is 64.1 Å². The minimum absolute atomic E-state index is 0.423. The van der Waals surface area contributed by atoms with Crippen LogP contribution < -0.4 is 5.32 Å². The van der Waals surface area contributed by atoms with Crippen LogP contribution in [0.1, 0.15) is 58.3 Å². The Balaban J connectivity index is 1.50. The Kier molecular flexibility index (Phi) is 3.95. The van der Waals surface area contributed by atoms with Crippen LogP contribution in [0.4, 0.5) is 0 Å². The van der Waals surface area contributed by atoms with Crippen LogP contribution in [-0.2, 0) is 0 Å². The number of nitrogens with zero attached hydrogens (tertiary/aromatic N) is 1. The predicted molar refractivity (Wildman–Crippen MR) is 76.8 cm³/mol. The number of rotatable bonds is 4. The maximum atomic E-state index is 3.84. The van der Waals surface area contributed by atoms with Gasteiger partial charge in [0.2, 0.25) is 0 Å². The van der Waals surface area contributed by atoms with Gasteiger partial charge in [0.15, 0.2) is 0 Å². The van der Waals surface area contributed by atoms with E-state index in [2.05, 4.69) is 17.1 Å². The molecule has 18 heavy (non-hydrogen) atoms. The molecule has 1 aliphatic heterocycles. The smallest absolute Gasteiger partial charge is 0.0308 e. The molecule has 0 aromatic carbocycles. The van der Waals surface area contributed by atoms with Gasteiger partial charge in [-0.15, -0.1) is 0 Å². The summed E-state index contributed by atoms with van der Waals surface area (Å²) in [7, 11) is 0. The fraction of sp³-hybridized carbons (Fsp3) is 1.00. The molecule has 2 nitrogen and oxygen atoms in total. The van der Waals surface area contributed by atoms with Crippen molar-refractivity contribution in [3.05, 3.63) is 0 Å². The van der Waals surface area contributed by atoms with E-state index < -0.39 is 0 Å². The topological polar surface area (TPSA) is 15.3 Å². The first kappa shape index (κ1) is 12.9. The first-order valence-corrected chi connectivity index (χ1v) is 8.24. The third-order valence-corrected chi connectivity index (χ3v) is 5.54. The molecule has 2 heteroatoms. The maximum absolute atomic E-state index is 3.84. The van der Waals surface area contributed by atoms with Crippen molar-refractivity contribution < 1.29 is 0 Å². The summed E-state index contributed by atoms with van der Waals surface area (Å²) in [6.45, 7) is 7.67. The van der Waals surface area contributed by atoms with Crippen molar-refractivity contribution in [3.8, 4) is 0 Å². The molecule has 3 aliphatic rings. The van der Waals surface area contributed by atoms with Gasteiger partial charge in [0.05, 0.1) is 0 Å². The van der Waals surface area contributed by atoms with Crippen molar-refractivity contribution in [3.63, 3.8) is 0 Å². The molecule has 2 aliphatic carbocycles. The fourth-order valence-corrected chi connectivity index (χ4v) is 4.13. The van der Waals surface area contributed by atoms with Crippen molar-refractivity contribution >= 4 is 0 Å². The molecule has 1 N–H and O–H groups in total. The average Bonchev–Trinajstić information content (AvgIpc) is 3.12. The molecule has 2 saturated carbocycles. The van der Waals surface area contributed by atoms with Crippen molar-refractivity contribution in [2.75, 3.05) is 26.2 Å². The normalized spacial score (nSPS) is 35.8. The van der Waals surface area contributed by atoms with Crippen LogP contribution >= 0.6 is 0 Å². The van der Waals surface area contributed by atoms with E-state index in [4.69, 9.17) is 0 Å². The Hall–Kier alpha value is -0.0800. The molecule has 3 fully saturated rings. The van der Waals surface area contributed by atoms with Gasteiger partial charge < -0.3 is 10.2 Å². The Morgan fingerprint density at radius 2 is 1.89 bits per heavy atom. The van der Waals surface area contributed by atoms with Crippen molar-refractivity contribution in [1.29, 1.82) is 0 Å². The largest absolute Gasteiger partial charge is 0.310 e. The lowest BCUT2D eigenvalue weighted by Gasteiger charge is -2.34. The maximum Gasteiger partial charge on any atom is 0.0308 e. The Labute approximate surface area is 113 Å². The van der Waals surface area contributed by atoms with Crippen LogP contribution in [0.15, 0.2) is 0 Å². The van der Waals surface area contributed by atoms with Crippen LogP contribution in [0.5, 0.6) is 0 Å². The van der Waals surface area contributed by atoms with Crippen molar-refractivity contribution in [2.45, 2.75) is 63.8 Å². The molecule has 0 spiro atoms. The molecule has 0 amide bonds. The van der Waals surface area contributed by atoms with Gasteiger partial charge >= 0.3 is 0 Å². The number of hydrogen-bond donors (Lipinski definition) is 1. The number of hydrogen-bond acceptors (Lipinski definition) is 2. The van der Waals surface area contributed by atoms with Crippen molar-refractivity contribution in [1.82, 2.24) is 10.2 Å². The minimum Gasteiger partial charge on any atom is -0.310 e. The van der Waals surface area contributed by atoms with Gasteiger partial charge in [0, 0.05) is 12.1 Å². The highest BCUT2D eigenvalue weighted by atomic mass is 15.2. The van der Waals surface area contributed by atoms with E-state index in [0.29, 0.717) is 5.54 Å². The zero-order valence-electron chi connectivity index (χ0n) is 12.1. The average molecular weight is 250 g/mol. The molecule has 1 heterocycles. The summed E-state index contributed by atoms with van der Waals surface area (Å²) in [5, 5.41) is 3.84. The van der Waals surface area contributed by atoms with Gasteiger partial charge in [-0.25, -0.2) is 0 Å². The van der Waals surface area contributed by atoms with E-state index in [1.807, 2.05) is 0 Å². The molecule has 3 rings (SSSR count). The monoisotopic (exact) mass is 250 g/mol. The lowest BCUT2D eigenvalue weighted by molar-refractivity contribution is 0.191. The lowest BCUT2D eigenvalue weighted by atomic mass is 9.95. The molecule has 1 atom stereocenters. The third-order valence-electron chi connectivity index (χ3n) is 5.54.